The van der Waals surface area contributed by atoms with Crippen LogP contribution in [0, 0.1) is 6.92 Å². The highest BCUT2D eigenvalue weighted by molar-refractivity contribution is 5.30. The van der Waals surface area contributed by atoms with Gasteiger partial charge in [-0.2, -0.15) is 0 Å². The van der Waals surface area contributed by atoms with Crippen LogP contribution in [0.3, 0.4) is 0 Å². The SMILES string of the molecule is Cc1ccccc1CCNC1CCc2ccccc2C1. The Bertz CT molecular complexity index is 573. The molecule has 104 valence electrons. The van der Waals surface area contributed by atoms with Crippen molar-refractivity contribution in [1.29, 1.82) is 0 Å². The summed E-state index contributed by atoms with van der Waals surface area (Å²) in [6.07, 6.45) is 4.80. The fraction of sp³-hybridized carbons (Fsp3) is 0.368. The molecule has 0 aliphatic heterocycles. The lowest BCUT2D eigenvalue weighted by Gasteiger charge is -2.25. The van der Waals surface area contributed by atoms with Gasteiger partial charge >= 0.3 is 0 Å². The molecule has 1 unspecified atom stereocenters. The molecule has 0 saturated carbocycles. The molecule has 1 nitrogen and oxygen atoms in total. The van der Waals surface area contributed by atoms with Crippen LogP contribution in [0.25, 0.3) is 0 Å². The maximum atomic E-state index is 3.74. The Hall–Kier alpha value is -1.60. The van der Waals surface area contributed by atoms with Crippen molar-refractivity contribution >= 4 is 0 Å². The summed E-state index contributed by atoms with van der Waals surface area (Å²) < 4.78 is 0. The zero-order chi connectivity index (χ0) is 13.8. The van der Waals surface area contributed by atoms with E-state index in [4.69, 9.17) is 0 Å². The third-order valence-electron chi connectivity index (χ3n) is 4.44. The van der Waals surface area contributed by atoms with Crippen LogP contribution < -0.4 is 5.32 Å². The molecule has 2 aromatic carbocycles. The van der Waals surface area contributed by atoms with E-state index in [1.54, 1.807) is 5.56 Å². The van der Waals surface area contributed by atoms with Crippen molar-refractivity contribution in [2.45, 2.75) is 38.6 Å². The molecule has 1 N–H and O–H groups in total. The van der Waals surface area contributed by atoms with E-state index in [9.17, 15) is 0 Å². The summed E-state index contributed by atoms with van der Waals surface area (Å²) >= 11 is 0. The second-order valence-electron chi connectivity index (χ2n) is 5.84. The van der Waals surface area contributed by atoms with Crippen LogP contribution in [0.4, 0.5) is 0 Å². The normalized spacial score (nSPS) is 17.8. The van der Waals surface area contributed by atoms with Crippen molar-refractivity contribution in [2.75, 3.05) is 6.54 Å². The molecule has 1 aliphatic rings. The summed E-state index contributed by atoms with van der Waals surface area (Å²) in [4.78, 5) is 0. The maximum absolute atomic E-state index is 3.74. The van der Waals surface area contributed by atoms with Crippen molar-refractivity contribution in [3.05, 3.63) is 70.8 Å². The zero-order valence-electron chi connectivity index (χ0n) is 12.2. The lowest BCUT2D eigenvalue weighted by molar-refractivity contribution is 0.461. The Morgan fingerprint density at radius 2 is 1.75 bits per heavy atom. The summed E-state index contributed by atoms with van der Waals surface area (Å²) in [5.74, 6) is 0. The number of aryl methyl sites for hydroxylation is 2. The van der Waals surface area contributed by atoms with Gasteiger partial charge in [0.1, 0.15) is 0 Å². The average molecular weight is 265 g/mol. The van der Waals surface area contributed by atoms with Gasteiger partial charge in [0, 0.05) is 6.04 Å². The number of fused-ring (bicyclic) bond motifs is 1. The van der Waals surface area contributed by atoms with Gasteiger partial charge in [-0.1, -0.05) is 48.5 Å². The number of benzene rings is 2. The molecule has 0 spiro atoms. The second kappa shape index (κ2) is 6.23. The molecule has 0 saturated heterocycles. The quantitative estimate of drug-likeness (QED) is 0.889. The topological polar surface area (TPSA) is 12.0 Å². The lowest BCUT2D eigenvalue weighted by atomic mass is 9.88. The molecule has 0 aromatic heterocycles. The van der Waals surface area contributed by atoms with Gasteiger partial charge in [0.25, 0.3) is 0 Å². The first-order valence-corrected chi connectivity index (χ1v) is 7.67. The van der Waals surface area contributed by atoms with Gasteiger partial charge in [0.05, 0.1) is 0 Å². The maximum Gasteiger partial charge on any atom is 0.0111 e. The van der Waals surface area contributed by atoms with E-state index in [0.717, 1.165) is 13.0 Å². The Morgan fingerprint density at radius 3 is 2.60 bits per heavy atom. The molecule has 0 fully saturated rings. The summed E-state index contributed by atoms with van der Waals surface area (Å²) in [6, 6.07) is 18.2. The van der Waals surface area contributed by atoms with Crippen molar-refractivity contribution in [1.82, 2.24) is 5.32 Å². The Balaban J connectivity index is 1.52. The minimum Gasteiger partial charge on any atom is -0.313 e. The van der Waals surface area contributed by atoms with Crippen LogP contribution in [0.2, 0.25) is 0 Å². The Morgan fingerprint density at radius 1 is 1.00 bits per heavy atom. The van der Waals surface area contributed by atoms with Crippen LogP contribution in [-0.4, -0.2) is 12.6 Å². The van der Waals surface area contributed by atoms with Crippen molar-refractivity contribution in [3.63, 3.8) is 0 Å². The molecule has 3 rings (SSSR count). The molecule has 0 radical (unpaired) electrons. The van der Waals surface area contributed by atoms with Gasteiger partial charge in [0.2, 0.25) is 0 Å². The molecular formula is C19H23N. The van der Waals surface area contributed by atoms with Gasteiger partial charge in [-0.05, 0) is 61.4 Å². The van der Waals surface area contributed by atoms with E-state index in [1.807, 2.05) is 0 Å². The number of hydrogen-bond acceptors (Lipinski definition) is 1. The molecule has 1 atom stereocenters. The molecule has 2 aromatic rings. The van der Waals surface area contributed by atoms with Crippen LogP contribution in [0.15, 0.2) is 48.5 Å². The number of rotatable bonds is 4. The fourth-order valence-corrected chi connectivity index (χ4v) is 3.17. The van der Waals surface area contributed by atoms with Gasteiger partial charge < -0.3 is 5.32 Å². The van der Waals surface area contributed by atoms with E-state index in [1.165, 1.54) is 36.0 Å². The van der Waals surface area contributed by atoms with Gasteiger partial charge in [-0.3, -0.25) is 0 Å². The summed E-state index contributed by atoms with van der Waals surface area (Å²) in [7, 11) is 0. The molecule has 0 bridgehead atoms. The highest BCUT2D eigenvalue weighted by Gasteiger charge is 2.17. The zero-order valence-corrected chi connectivity index (χ0v) is 12.2. The van der Waals surface area contributed by atoms with E-state index in [-0.39, 0.29) is 0 Å². The van der Waals surface area contributed by atoms with Crippen LogP contribution >= 0.6 is 0 Å². The molecular weight excluding hydrogens is 242 g/mol. The highest BCUT2D eigenvalue weighted by Crippen LogP contribution is 2.21. The van der Waals surface area contributed by atoms with Crippen LogP contribution in [-0.2, 0) is 19.3 Å². The number of nitrogens with one attached hydrogen (secondary N) is 1. The lowest BCUT2D eigenvalue weighted by Crippen LogP contribution is -2.35. The van der Waals surface area contributed by atoms with E-state index >= 15 is 0 Å². The summed E-state index contributed by atoms with van der Waals surface area (Å²) in [5, 5.41) is 3.74. The Kier molecular flexibility index (Phi) is 4.17. The first-order chi connectivity index (χ1) is 9.83. The third kappa shape index (κ3) is 3.10. The van der Waals surface area contributed by atoms with Gasteiger partial charge in [-0.15, -0.1) is 0 Å². The molecule has 1 heteroatoms. The minimum absolute atomic E-state index is 0.647. The standard InChI is InChI=1S/C19H23N/c1-15-6-2-3-7-16(15)12-13-20-19-11-10-17-8-4-5-9-18(17)14-19/h2-9,19-20H,10-14H2,1H3. The molecule has 20 heavy (non-hydrogen) atoms. The van der Waals surface area contributed by atoms with E-state index in [0.29, 0.717) is 6.04 Å². The van der Waals surface area contributed by atoms with Gasteiger partial charge in [-0.25, -0.2) is 0 Å². The summed E-state index contributed by atoms with van der Waals surface area (Å²) in [6.45, 7) is 3.28. The first-order valence-electron chi connectivity index (χ1n) is 7.67. The predicted molar refractivity (Wildman–Crippen MR) is 85.1 cm³/mol. The van der Waals surface area contributed by atoms with Crippen molar-refractivity contribution in [2.24, 2.45) is 0 Å². The molecule has 0 amide bonds. The highest BCUT2D eigenvalue weighted by atomic mass is 14.9. The first kappa shape index (κ1) is 13.4. The monoisotopic (exact) mass is 265 g/mol. The van der Waals surface area contributed by atoms with Gasteiger partial charge in [0.15, 0.2) is 0 Å². The average Bonchev–Trinajstić information content (AvgIpc) is 2.49. The largest absolute Gasteiger partial charge is 0.313 e. The molecule has 0 heterocycles. The van der Waals surface area contributed by atoms with Crippen LogP contribution in [0.1, 0.15) is 28.7 Å². The van der Waals surface area contributed by atoms with E-state index in [2.05, 4.69) is 60.8 Å². The minimum atomic E-state index is 0.647. The molecule has 1 aliphatic carbocycles. The summed E-state index contributed by atoms with van der Waals surface area (Å²) in [5.41, 5.74) is 5.95. The van der Waals surface area contributed by atoms with Crippen molar-refractivity contribution < 1.29 is 0 Å². The number of hydrogen-bond donors (Lipinski definition) is 1. The third-order valence-corrected chi connectivity index (χ3v) is 4.44. The second-order valence-corrected chi connectivity index (χ2v) is 5.84. The fourth-order valence-electron chi connectivity index (χ4n) is 3.17. The van der Waals surface area contributed by atoms with E-state index < -0.39 is 0 Å². The smallest absolute Gasteiger partial charge is 0.0111 e. The Labute approximate surface area is 122 Å². The van der Waals surface area contributed by atoms with Crippen molar-refractivity contribution in [3.8, 4) is 0 Å². The predicted octanol–water partition coefficient (Wildman–Crippen LogP) is 3.68. The van der Waals surface area contributed by atoms with Crippen LogP contribution in [0.5, 0.6) is 0 Å².